The number of hydrogen-bond donors (Lipinski definition) is 1. The van der Waals surface area contributed by atoms with Gasteiger partial charge in [-0.05, 0) is 44.2 Å². The molecule has 4 heterocycles. The summed E-state index contributed by atoms with van der Waals surface area (Å²) in [5, 5.41) is 11.0. The summed E-state index contributed by atoms with van der Waals surface area (Å²) in [5.74, 6) is 1.22. The topological polar surface area (TPSA) is 105 Å². The van der Waals surface area contributed by atoms with Crippen molar-refractivity contribution in [3.05, 3.63) is 107 Å². The maximum atomic E-state index is 12.6. The third-order valence-electron chi connectivity index (χ3n) is 7.33. The summed E-state index contributed by atoms with van der Waals surface area (Å²) in [7, 11) is 0. The molecule has 40 heavy (non-hydrogen) atoms. The molecule has 0 bridgehead atoms. The Labute approximate surface area is 234 Å². The van der Waals surface area contributed by atoms with E-state index >= 15 is 0 Å². The summed E-state index contributed by atoms with van der Waals surface area (Å²) >= 11 is 0. The number of aromatic nitrogens is 2. The highest BCUT2D eigenvalue weighted by atomic mass is 16.5. The van der Waals surface area contributed by atoms with Crippen LogP contribution in [0.3, 0.4) is 0 Å². The molecule has 208 valence electrons. The Bertz CT molecular complexity index is 1290. The summed E-state index contributed by atoms with van der Waals surface area (Å²) in [6.45, 7) is 6.60. The normalized spacial score (nSPS) is 19.1. The number of carbonyl (C=O) groups is 2. The van der Waals surface area contributed by atoms with Gasteiger partial charge in [-0.15, -0.1) is 0 Å². The van der Waals surface area contributed by atoms with Crippen molar-refractivity contribution in [2.75, 3.05) is 26.2 Å². The highest BCUT2D eigenvalue weighted by Crippen LogP contribution is 2.32. The van der Waals surface area contributed by atoms with Gasteiger partial charge in [0, 0.05) is 38.3 Å². The van der Waals surface area contributed by atoms with Gasteiger partial charge in [-0.3, -0.25) is 9.59 Å². The van der Waals surface area contributed by atoms with E-state index in [1.54, 1.807) is 26.0 Å². The van der Waals surface area contributed by atoms with Crippen LogP contribution in [0.1, 0.15) is 75.0 Å². The Morgan fingerprint density at radius 1 is 0.750 bits per heavy atom. The summed E-state index contributed by atoms with van der Waals surface area (Å²) in [6, 6.07) is 23.9. The number of piperidine rings is 1. The van der Waals surface area contributed by atoms with E-state index in [2.05, 4.69) is 27.8 Å². The van der Waals surface area contributed by atoms with E-state index in [-0.39, 0.29) is 23.9 Å². The number of likely N-dealkylation sites (tertiary alicyclic amines) is 1. The van der Waals surface area contributed by atoms with Crippen molar-refractivity contribution in [2.24, 2.45) is 0 Å². The summed E-state index contributed by atoms with van der Waals surface area (Å²) in [6.07, 6.45) is 3.21. The van der Waals surface area contributed by atoms with E-state index < -0.39 is 0 Å². The van der Waals surface area contributed by atoms with Crippen LogP contribution in [0.25, 0.3) is 0 Å². The van der Waals surface area contributed by atoms with E-state index in [9.17, 15) is 9.59 Å². The number of nitrogens with zero attached hydrogens (tertiary/aromatic N) is 4. The molecule has 6 rings (SSSR count). The van der Waals surface area contributed by atoms with E-state index in [0.717, 1.165) is 44.5 Å². The Hall–Kier alpha value is -4.24. The monoisotopic (exact) mass is 541 g/mol. The second-order valence-electron chi connectivity index (χ2n) is 10.2. The van der Waals surface area contributed by atoms with Gasteiger partial charge in [-0.25, -0.2) is 0 Å². The standard InChI is InChI=1S/C16H18N2O2.C15H17N3O2/c1-12-11-14(17-20-12)16(19)18-10-6-5-9-15(18)13-7-3-2-4-8-13;1-11-9-13(17-20-11)15(19)18-8-7-16-10-14(18)12-5-3-2-4-6-12/h2-4,7-8,11,15H,5-6,9-10H2,1H3;2-6,9,14,16H,7-8,10H2,1H3. The smallest absolute Gasteiger partial charge is 0.276 e. The molecular formula is C31H35N5O4. The highest BCUT2D eigenvalue weighted by Gasteiger charge is 2.31. The number of piperazine rings is 1. The minimum Gasteiger partial charge on any atom is -0.361 e. The van der Waals surface area contributed by atoms with Crippen molar-refractivity contribution < 1.29 is 18.6 Å². The number of amides is 2. The Balaban J connectivity index is 0.000000161. The molecule has 2 aromatic carbocycles. The lowest BCUT2D eigenvalue weighted by molar-refractivity contribution is 0.0599. The molecule has 2 aliphatic rings. The molecule has 4 aromatic rings. The zero-order valence-corrected chi connectivity index (χ0v) is 23.0. The minimum atomic E-state index is -0.0720. The SMILES string of the molecule is Cc1cc(C(=O)N2CCCCC2c2ccccc2)no1.Cc1cc(C(=O)N2CCNCC2c2ccccc2)no1. The molecule has 0 aliphatic carbocycles. The van der Waals surface area contributed by atoms with Gasteiger partial charge in [0.25, 0.3) is 11.8 Å². The van der Waals surface area contributed by atoms with Gasteiger partial charge in [0.1, 0.15) is 11.5 Å². The first-order valence-corrected chi connectivity index (χ1v) is 13.8. The van der Waals surface area contributed by atoms with Gasteiger partial charge < -0.3 is 24.2 Å². The quantitative estimate of drug-likeness (QED) is 0.382. The second kappa shape index (κ2) is 12.7. The van der Waals surface area contributed by atoms with Gasteiger partial charge in [0.15, 0.2) is 11.4 Å². The molecule has 0 radical (unpaired) electrons. The fraction of sp³-hybridized carbons (Fsp3) is 0.355. The molecule has 9 nitrogen and oxygen atoms in total. The summed E-state index contributed by atoms with van der Waals surface area (Å²) in [4.78, 5) is 29.0. The van der Waals surface area contributed by atoms with Crippen LogP contribution >= 0.6 is 0 Å². The molecule has 1 N–H and O–H groups in total. The van der Waals surface area contributed by atoms with E-state index in [1.165, 1.54) is 5.56 Å². The lowest BCUT2D eigenvalue weighted by Crippen LogP contribution is -2.48. The molecule has 9 heteroatoms. The van der Waals surface area contributed by atoms with Gasteiger partial charge in [0.05, 0.1) is 12.1 Å². The van der Waals surface area contributed by atoms with Crippen LogP contribution in [0, 0.1) is 13.8 Å². The van der Waals surface area contributed by atoms with Crippen molar-refractivity contribution in [3.63, 3.8) is 0 Å². The minimum absolute atomic E-state index is 0.0320. The van der Waals surface area contributed by atoms with Crippen molar-refractivity contribution in [2.45, 2.75) is 45.2 Å². The van der Waals surface area contributed by atoms with Gasteiger partial charge in [-0.2, -0.15) is 0 Å². The van der Waals surface area contributed by atoms with Crippen LogP contribution in [-0.2, 0) is 0 Å². The number of nitrogens with one attached hydrogen (secondary N) is 1. The first-order chi connectivity index (χ1) is 19.5. The van der Waals surface area contributed by atoms with Crippen molar-refractivity contribution in [1.29, 1.82) is 0 Å². The van der Waals surface area contributed by atoms with Crippen molar-refractivity contribution >= 4 is 11.8 Å². The van der Waals surface area contributed by atoms with Crippen molar-refractivity contribution in [1.82, 2.24) is 25.4 Å². The largest absolute Gasteiger partial charge is 0.361 e. The molecule has 2 fully saturated rings. The maximum absolute atomic E-state index is 12.6. The van der Waals surface area contributed by atoms with E-state index in [0.29, 0.717) is 29.5 Å². The summed E-state index contributed by atoms with van der Waals surface area (Å²) < 4.78 is 10.0. The Morgan fingerprint density at radius 2 is 1.27 bits per heavy atom. The fourth-order valence-electron chi connectivity index (χ4n) is 5.35. The second-order valence-corrected chi connectivity index (χ2v) is 10.2. The molecule has 2 atom stereocenters. The zero-order chi connectivity index (χ0) is 27.9. The molecular weight excluding hydrogens is 506 g/mol. The van der Waals surface area contributed by atoms with Crippen LogP contribution < -0.4 is 5.32 Å². The first-order valence-electron chi connectivity index (χ1n) is 13.8. The average Bonchev–Trinajstić information content (AvgIpc) is 3.66. The van der Waals surface area contributed by atoms with Crippen molar-refractivity contribution in [3.8, 4) is 0 Å². The maximum Gasteiger partial charge on any atom is 0.276 e. The van der Waals surface area contributed by atoms with Crippen LogP contribution in [0.5, 0.6) is 0 Å². The predicted molar refractivity (Wildman–Crippen MR) is 150 cm³/mol. The van der Waals surface area contributed by atoms with Crippen LogP contribution in [0.15, 0.2) is 81.8 Å². The molecule has 2 aromatic heterocycles. The third kappa shape index (κ3) is 6.31. The molecule has 2 amide bonds. The fourth-order valence-corrected chi connectivity index (χ4v) is 5.35. The molecule has 0 spiro atoms. The van der Waals surface area contributed by atoms with Crippen LogP contribution in [0.2, 0.25) is 0 Å². The van der Waals surface area contributed by atoms with Crippen LogP contribution in [-0.4, -0.2) is 58.1 Å². The number of aryl methyl sites for hydroxylation is 2. The van der Waals surface area contributed by atoms with Gasteiger partial charge in [0.2, 0.25) is 0 Å². The lowest BCUT2D eigenvalue weighted by Gasteiger charge is -2.36. The van der Waals surface area contributed by atoms with E-state index in [1.807, 2.05) is 58.3 Å². The predicted octanol–water partition coefficient (Wildman–Crippen LogP) is 5.12. The van der Waals surface area contributed by atoms with Crippen LogP contribution in [0.4, 0.5) is 0 Å². The highest BCUT2D eigenvalue weighted by molar-refractivity contribution is 5.93. The summed E-state index contributed by atoms with van der Waals surface area (Å²) in [5.41, 5.74) is 3.12. The number of rotatable bonds is 4. The van der Waals surface area contributed by atoms with Gasteiger partial charge in [-0.1, -0.05) is 71.0 Å². The first kappa shape index (κ1) is 27.3. The Morgan fingerprint density at radius 3 is 1.80 bits per heavy atom. The zero-order valence-electron chi connectivity index (χ0n) is 23.0. The number of carbonyl (C=O) groups excluding carboxylic acids is 2. The molecule has 2 saturated heterocycles. The third-order valence-corrected chi connectivity index (χ3v) is 7.33. The van der Waals surface area contributed by atoms with Gasteiger partial charge >= 0.3 is 0 Å². The number of hydrogen-bond acceptors (Lipinski definition) is 7. The lowest BCUT2D eigenvalue weighted by atomic mass is 9.95. The van der Waals surface area contributed by atoms with E-state index in [4.69, 9.17) is 9.05 Å². The molecule has 2 unspecified atom stereocenters. The average molecular weight is 542 g/mol. The number of benzene rings is 2. The molecule has 0 saturated carbocycles. The Kier molecular flexibility index (Phi) is 8.71. The molecule has 2 aliphatic heterocycles.